The number of ether oxygens (including phenoxy) is 1. The number of benzene rings is 3. The lowest BCUT2D eigenvalue weighted by Gasteiger charge is -2.18. The molecule has 0 spiro atoms. The lowest BCUT2D eigenvalue weighted by molar-refractivity contribution is -0.274. The minimum atomic E-state index is -4.75. The first-order valence-electron chi connectivity index (χ1n) is 8.66. The predicted octanol–water partition coefficient (Wildman–Crippen LogP) is 5.75. The molecular formula is C22H18F3NO2. The molecule has 0 radical (unpaired) electrons. The number of alkyl halides is 3. The van der Waals surface area contributed by atoms with Crippen LogP contribution in [0.3, 0.4) is 0 Å². The molecule has 0 aliphatic carbocycles. The highest BCUT2D eigenvalue weighted by Crippen LogP contribution is 2.29. The summed E-state index contributed by atoms with van der Waals surface area (Å²) in [4.78, 5) is 12.6. The van der Waals surface area contributed by atoms with Gasteiger partial charge in [0, 0.05) is 18.0 Å². The second-order valence-electron chi connectivity index (χ2n) is 6.20. The van der Waals surface area contributed by atoms with Gasteiger partial charge < -0.3 is 10.1 Å². The molecule has 0 saturated heterocycles. The van der Waals surface area contributed by atoms with Gasteiger partial charge >= 0.3 is 6.36 Å². The Kier molecular flexibility index (Phi) is 5.99. The molecule has 28 heavy (non-hydrogen) atoms. The summed E-state index contributed by atoms with van der Waals surface area (Å²) < 4.78 is 40.5. The third-order valence-corrected chi connectivity index (χ3v) is 4.17. The molecule has 1 amide bonds. The lowest BCUT2D eigenvalue weighted by Crippen LogP contribution is -2.18. The number of hydrogen-bond acceptors (Lipinski definition) is 2. The Morgan fingerprint density at radius 3 is 1.79 bits per heavy atom. The molecule has 0 aliphatic rings. The summed E-state index contributed by atoms with van der Waals surface area (Å²) in [6.45, 7) is 0. The van der Waals surface area contributed by atoms with Gasteiger partial charge in [-0.25, -0.2) is 0 Å². The maximum atomic E-state index is 12.6. The molecule has 144 valence electrons. The van der Waals surface area contributed by atoms with E-state index in [1.54, 1.807) is 0 Å². The second kappa shape index (κ2) is 8.61. The fourth-order valence-electron chi connectivity index (χ4n) is 2.94. The zero-order valence-electron chi connectivity index (χ0n) is 14.8. The van der Waals surface area contributed by atoms with Crippen molar-refractivity contribution >= 4 is 11.6 Å². The number of anilines is 1. The Balaban J connectivity index is 1.71. The molecule has 0 saturated carbocycles. The molecule has 3 aromatic rings. The van der Waals surface area contributed by atoms with Gasteiger partial charge in [-0.3, -0.25) is 4.79 Å². The van der Waals surface area contributed by atoms with Gasteiger partial charge in [-0.15, -0.1) is 13.2 Å². The van der Waals surface area contributed by atoms with E-state index < -0.39 is 6.36 Å². The zero-order chi connectivity index (χ0) is 20.0. The third-order valence-electron chi connectivity index (χ3n) is 4.17. The number of carbonyl (C=O) groups excluding carboxylic acids is 1. The highest BCUT2D eigenvalue weighted by atomic mass is 19.4. The van der Waals surface area contributed by atoms with Gasteiger partial charge in [-0.1, -0.05) is 60.7 Å². The number of rotatable bonds is 6. The van der Waals surface area contributed by atoms with E-state index in [2.05, 4.69) is 10.1 Å². The Bertz CT molecular complexity index is 855. The minimum Gasteiger partial charge on any atom is -0.406 e. The first kappa shape index (κ1) is 19.5. The summed E-state index contributed by atoms with van der Waals surface area (Å²) in [5, 5.41) is 2.73. The van der Waals surface area contributed by atoms with Gasteiger partial charge in [0.25, 0.3) is 0 Å². The lowest BCUT2D eigenvalue weighted by atomic mass is 9.88. The van der Waals surface area contributed by atoms with Crippen LogP contribution in [0.25, 0.3) is 0 Å². The number of amides is 1. The smallest absolute Gasteiger partial charge is 0.406 e. The van der Waals surface area contributed by atoms with Crippen molar-refractivity contribution in [2.75, 3.05) is 5.32 Å². The molecule has 0 unspecified atom stereocenters. The van der Waals surface area contributed by atoms with Crippen LogP contribution in [0.15, 0.2) is 84.9 Å². The topological polar surface area (TPSA) is 38.3 Å². The highest BCUT2D eigenvalue weighted by molar-refractivity contribution is 5.91. The monoisotopic (exact) mass is 385 g/mol. The van der Waals surface area contributed by atoms with Gasteiger partial charge in [-0.05, 0) is 35.4 Å². The van der Waals surface area contributed by atoms with Gasteiger partial charge in [0.2, 0.25) is 5.91 Å². The molecule has 6 heteroatoms. The van der Waals surface area contributed by atoms with Crippen LogP contribution in [0.2, 0.25) is 0 Å². The zero-order valence-corrected chi connectivity index (χ0v) is 14.8. The van der Waals surface area contributed by atoms with Crippen LogP contribution in [0, 0.1) is 0 Å². The molecule has 0 heterocycles. The van der Waals surface area contributed by atoms with E-state index in [0.717, 1.165) is 23.3 Å². The van der Waals surface area contributed by atoms with E-state index in [1.807, 2.05) is 60.7 Å². The van der Waals surface area contributed by atoms with Crippen molar-refractivity contribution in [3.63, 3.8) is 0 Å². The van der Waals surface area contributed by atoms with Gasteiger partial charge in [0.05, 0.1) is 0 Å². The fraction of sp³-hybridized carbons (Fsp3) is 0.136. The average molecular weight is 385 g/mol. The molecule has 0 fully saturated rings. The quantitative estimate of drug-likeness (QED) is 0.587. The minimum absolute atomic E-state index is 0.129. The Hall–Kier alpha value is -3.28. The first-order chi connectivity index (χ1) is 13.4. The van der Waals surface area contributed by atoms with E-state index >= 15 is 0 Å². The van der Waals surface area contributed by atoms with Crippen molar-refractivity contribution in [1.82, 2.24) is 0 Å². The number of nitrogens with one attached hydrogen (secondary N) is 1. The molecule has 3 rings (SSSR count). The molecule has 0 aromatic heterocycles. The maximum Gasteiger partial charge on any atom is 0.573 e. The highest BCUT2D eigenvalue weighted by Gasteiger charge is 2.31. The van der Waals surface area contributed by atoms with Crippen molar-refractivity contribution in [1.29, 1.82) is 0 Å². The Morgan fingerprint density at radius 2 is 1.32 bits per heavy atom. The van der Waals surface area contributed by atoms with Crippen LogP contribution in [-0.2, 0) is 4.79 Å². The van der Waals surface area contributed by atoms with Crippen LogP contribution in [0.4, 0.5) is 18.9 Å². The van der Waals surface area contributed by atoms with Crippen molar-refractivity contribution in [3.05, 3.63) is 96.1 Å². The van der Waals surface area contributed by atoms with Crippen LogP contribution in [0.5, 0.6) is 5.75 Å². The fourth-order valence-corrected chi connectivity index (χ4v) is 2.94. The Morgan fingerprint density at radius 1 is 0.821 bits per heavy atom. The second-order valence-corrected chi connectivity index (χ2v) is 6.20. The van der Waals surface area contributed by atoms with Gasteiger partial charge in [0.1, 0.15) is 5.75 Å². The summed E-state index contributed by atoms with van der Waals surface area (Å²) in [5.41, 5.74) is 2.43. The normalized spacial score (nSPS) is 11.3. The van der Waals surface area contributed by atoms with Crippen LogP contribution in [-0.4, -0.2) is 12.3 Å². The first-order valence-corrected chi connectivity index (χ1v) is 8.66. The van der Waals surface area contributed by atoms with E-state index in [0.29, 0.717) is 5.69 Å². The maximum absolute atomic E-state index is 12.6. The average Bonchev–Trinajstić information content (AvgIpc) is 2.68. The number of hydrogen-bond donors (Lipinski definition) is 1. The number of carbonyl (C=O) groups is 1. The standard InChI is InChI=1S/C22H18F3NO2/c23-22(24,25)28-19-13-11-18(12-14-19)26-21(27)15-20(16-7-3-1-4-8-16)17-9-5-2-6-10-17/h1-14,20H,15H2,(H,26,27). The summed E-state index contributed by atoms with van der Waals surface area (Å²) in [6, 6.07) is 24.4. The van der Waals surface area contributed by atoms with E-state index in [-0.39, 0.29) is 24.0 Å². The van der Waals surface area contributed by atoms with Gasteiger partial charge in [-0.2, -0.15) is 0 Å². The van der Waals surface area contributed by atoms with Crippen LogP contribution in [0.1, 0.15) is 23.5 Å². The summed E-state index contributed by atoms with van der Waals surface area (Å²) in [7, 11) is 0. The van der Waals surface area contributed by atoms with Crippen molar-refractivity contribution < 1.29 is 22.7 Å². The molecule has 3 nitrogen and oxygen atoms in total. The third kappa shape index (κ3) is 5.61. The van der Waals surface area contributed by atoms with E-state index in [1.165, 1.54) is 12.1 Å². The van der Waals surface area contributed by atoms with Gasteiger partial charge in [0.15, 0.2) is 0 Å². The Labute approximate surface area is 160 Å². The summed E-state index contributed by atoms with van der Waals surface area (Å²) in [6.07, 6.45) is -4.54. The number of halogens is 3. The summed E-state index contributed by atoms with van der Waals surface area (Å²) in [5.74, 6) is -0.700. The van der Waals surface area contributed by atoms with Crippen LogP contribution < -0.4 is 10.1 Å². The molecule has 1 N–H and O–H groups in total. The molecule has 0 aliphatic heterocycles. The summed E-state index contributed by atoms with van der Waals surface area (Å²) >= 11 is 0. The molecule has 0 bridgehead atoms. The predicted molar refractivity (Wildman–Crippen MR) is 101 cm³/mol. The SMILES string of the molecule is O=C(CC(c1ccccc1)c1ccccc1)Nc1ccc(OC(F)(F)F)cc1. The largest absolute Gasteiger partial charge is 0.573 e. The van der Waals surface area contributed by atoms with Crippen molar-refractivity contribution in [2.24, 2.45) is 0 Å². The van der Waals surface area contributed by atoms with E-state index in [4.69, 9.17) is 0 Å². The molecule has 0 atom stereocenters. The van der Waals surface area contributed by atoms with Crippen molar-refractivity contribution in [3.8, 4) is 5.75 Å². The molecule has 3 aromatic carbocycles. The van der Waals surface area contributed by atoms with Crippen LogP contribution >= 0.6 is 0 Å². The van der Waals surface area contributed by atoms with E-state index in [9.17, 15) is 18.0 Å². The van der Waals surface area contributed by atoms with Crippen molar-refractivity contribution in [2.45, 2.75) is 18.7 Å². The molecular weight excluding hydrogens is 367 g/mol.